The van der Waals surface area contributed by atoms with Crippen LogP contribution >= 0.6 is 11.6 Å². The molecule has 1 aromatic carbocycles. The van der Waals surface area contributed by atoms with Crippen LogP contribution in [0.25, 0.3) is 0 Å². The van der Waals surface area contributed by atoms with E-state index in [0.717, 1.165) is 0 Å². The van der Waals surface area contributed by atoms with Gasteiger partial charge in [0.25, 0.3) is 5.91 Å². The zero-order chi connectivity index (χ0) is 17.4. The molecular weight excluding hydrogens is 324 g/mol. The normalized spacial score (nSPS) is 19.7. The molecule has 1 atom stereocenters. The molecule has 7 nitrogen and oxygen atoms in total. The number of esters is 1. The molecule has 23 heavy (non-hydrogen) atoms. The second kappa shape index (κ2) is 6.08. The molecule has 124 valence electrons. The molecule has 8 heteroatoms. The Morgan fingerprint density at radius 3 is 2.57 bits per heavy atom. The molecule has 1 aliphatic heterocycles. The molecule has 0 spiro atoms. The number of ether oxygens (including phenoxy) is 2. The fourth-order valence-electron chi connectivity index (χ4n) is 2.63. The van der Waals surface area contributed by atoms with Crippen LogP contribution in [0, 0.1) is 0 Å². The van der Waals surface area contributed by atoms with Crippen LogP contribution in [0.5, 0.6) is 0 Å². The number of halogens is 1. The lowest BCUT2D eigenvalue weighted by molar-refractivity contribution is -0.170. The first kappa shape index (κ1) is 17.1. The quantitative estimate of drug-likeness (QED) is 0.667. The maximum atomic E-state index is 12.9. The molecule has 1 heterocycles. The van der Waals surface area contributed by atoms with E-state index < -0.39 is 23.6 Å². The molecule has 0 aliphatic carbocycles. The Morgan fingerprint density at radius 2 is 2.04 bits per heavy atom. The van der Waals surface area contributed by atoms with E-state index in [0.29, 0.717) is 5.69 Å². The predicted octanol–water partition coefficient (Wildman–Crippen LogP) is 1.95. The van der Waals surface area contributed by atoms with Crippen molar-refractivity contribution in [1.82, 2.24) is 0 Å². The summed E-state index contributed by atoms with van der Waals surface area (Å²) in [7, 11) is 0. The number of amides is 2. The molecule has 1 unspecified atom stereocenters. The summed E-state index contributed by atoms with van der Waals surface area (Å²) in [5, 5.41) is 0.281. The molecule has 2 N–H and O–H groups in total. The van der Waals surface area contributed by atoms with Gasteiger partial charge in [-0.3, -0.25) is 4.79 Å². The third-order valence-corrected chi connectivity index (χ3v) is 3.69. The minimum atomic E-state index is -2.27. The topological polar surface area (TPSA) is 98.9 Å². The Balaban J connectivity index is 2.75. The van der Waals surface area contributed by atoms with Crippen LogP contribution in [-0.2, 0) is 24.7 Å². The molecule has 0 radical (unpaired) electrons. The number of nitrogens with zero attached hydrogens (tertiary/aromatic N) is 1. The largest absolute Gasteiger partial charge is 0.462 e. The number of nitrogens with two attached hydrogens (primary N) is 1. The summed E-state index contributed by atoms with van der Waals surface area (Å²) in [5.74, 6) is -1.74. The lowest BCUT2D eigenvalue weighted by Crippen LogP contribution is -2.52. The van der Waals surface area contributed by atoms with Crippen LogP contribution in [0.1, 0.15) is 26.3 Å². The first-order valence-corrected chi connectivity index (χ1v) is 7.42. The lowest BCUT2D eigenvalue weighted by Gasteiger charge is -2.27. The highest BCUT2D eigenvalue weighted by Crippen LogP contribution is 2.45. The summed E-state index contributed by atoms with van der Waals surface area (Å²) in [6.07, 6.45) is -1.26. The van der Waals surface area contributed by atoms with E-state index in [9.17, 15) is 14.4 Å². The summed E-state index contributed by atoms with van der Waals surface area (Å²) >= 11 is 5.99. The average molecular weight is 341 g/mol. The van der Waals surface area contributed by atoms with Gasteiger partial charge in [-0.15, -0.1) is 0 Å². The van der Waals surface area contributed by atoms with E-state index in [1.807, 2.05) is 0 Å². The first-order chi connectivity index (χ1) is 10.8. The van der Waals surface area contributed by atoms with E-state index in [1.54, 1.807) is 32.9 Å². The second-order valence-corrected chi connectivity index (χ2v) is 5.69. The van der Waals surface area contributed by atoms with Gasteiger partial charge >= 0.3 is 17.7 Å². The van der Waals surface area contributed by atoms with Gasteiger partial charge in [0.1, 0.15) is 0 Å². The van der Waals surface area contributed by atoms with E-state index in [4.69, 9.17) is 26.8 Å². The summed E-state index contributed by atoms with van der Waals surface area (Å²) in [6.45, 7) is 5.12. The first-order valence-electron chi connectivity index (χ1n) is 7.05. The average Bonchev–Trinajstić information content (AvgIpc) is 2.68. The Labute approximate surface area is 138 Å². The van der Waals surface area contributed by atoms with Crippen molar-refractivity contribution >= 4 is 35.3 Å². The van der Waals surface area contributed by atoms with E-state index in [2.05, 4.69) is 0 Å². The van der Waals surface area contributed by atoms with Gasteiger partial charge in [0.2, 0.25) is 0 Å². The molecule has 0 saturated heterocycles. The zero-order valence-corrected chi connectivity index (χ0v) is 13.7. The fraction of sp³-hybridized carbons (Fsp3) is 0.400. The highest BCUT2D eigenvalue weighted by molar-refractivity contribution is 6.31. The number of carbonyl (C=O) groups is 3. The highest BCUT2D eigenvalue weighted by atomic mass is 35.5. The minimum absolute atomic E-state index is 0.00750. The van der Waals surface area contributed by atoms with Gasteiger partial charge in [-0.1, -0.05) is 11.6 Å². The van der Waals surface area contributed by atoms with Gasteiger partial charge in [-0.05, 0) is 39.0 Å². The van der Waals surface area contributed by atoms with Crippen LogP contribution < -0.4 is 10.6 Å². The number of carbonyl (C=O) groups excluding carboxylic acids is 3. The van der Waals surface area contributed by atoms with Crippen LogP contribution in [0.2, 0.25) is 5.02 Å². The van der Waals surface area contributed by atoms with Crippen molar-refractivity contribution in [2.45, 2.75) is 32.4 Å². The highest BCUT2D eigenvalue weighted by Gasteiger charge is 2.61. The molecule has 0 fully saturated rings. The molecule has 2 amide bonds. The van der Waals surface area contributed by atoms with Gasteiger partial charge in [-0.25, -0.2) is 9.59 Å². The van der Waals surface area contributed by atoms with Gasteiger partial charge in [-0.2, -0.15) is 0 Å². The number of primary amides is 1. The number of hydrogen-bond donors (Lipinski definition) is 1. The van der Waals surface area contributed by atoms with Crippen molar-refractivity contribution in [3.63, 3.8) is 0 Å². The molecule has 2 rings (SSSR count). The maximum absolute atomic E-state index is 12.9. The summed E-state index contributed by atoms with van der Waals surface area (Å²) in [6, 6.07) is 4.28. The second-order valence-electron chi connectivity index (χ2n) is 5.25. The fourth-order valence-corrected chi connectivity index (χ4v) is 2.80. The third kappa shape index (κ3) is 2.61. The summed E-state index contributed by atoms with van der Waals surface area (Å²) in [4.78, 5) is 38.2. The predicted molar refractivity (Wildman–Crippen MR) is 83.1 cm³/mol. The summed E-state index contributed by atoms with van der Waals surface area (Å²) < 4.78 is 9.96. The number of fused-ring (bicyclic) bond motifs is 1. The summed E-state index contributed by atoms with van der Waals surface area (Å²) in [5.41, 5.74) is 3.39. The van der Waals surface area contributed by atoms with Gasteiger partial charge in [0.05, 0.1) is 12.3 Å². The maximum Gasteiger partial charge on any atom is 0.406 e. The number of rotatable bonds is 4. The van der Waals surface area contributed by atoms with Crippen molar-refractivity contribution < 1.29 is 23.9 Å². The van der Waals surface area contributed by atoms with Crippen molar-refractivity contribution in [3.05, 3.63) is 28.8 Å². The van der Waals surface area contributed by atoms with E-state index in [-0.39, 0.29) is 23.2 Å². The molecule has 0 saturated carbocycles. The number of benzene rings is 1. The van der Waals surface area contributed by atoms with Crippen molar-refractivity contribution in [1.29, 1.82) is 0 Å². The van der Waals surface area contributed by atoms with Crippen LogP contribution in [0.4, 0.5) is 10.5 Å². The van der Waals surface area contributed by atoms with Gasteiger partial charge in [0.15, 0.2) is 0 Å². The van der Waals surface area contributed by atoms with Crippen LogP contribution in [-0.4, -0.2) is 30.6 Å². The Bertz CT molecular complexity index is 676. The molecular formula is C15H17ClN2O5. The smallest absolute Gasteiger partial charge is 0.406 e. The number of anilines is 1. The van der Waals surface area contributed by atoms with Crippen LogP contribution in [0.15, 0.2) is 18.2 Å². The van der Waals surface area contributed by atoms with Crippen molar-refractivity contribution in [2.24, 2.45) is 5.73 Å². The zero-order valence-electron chi connectivity index (χ0n) is 13.0. The standard InChI is InChI=1S/C15H17ClN2O5/c1-4-22-13(20)15(23-14(17)21)10-7-9(16)5-6-11(10)18(8(2)3)12(15)19/h5-8H,4H2,1-3H3,(H2,17,21). The minimum Gasteiger partial charge on any atom is -0.462 e. The Hall–Kier alpha value is -2.28. The van der Waals surface area contributed by atoms with Crippen molar-refractivity contribution in [2.75, 3.05) is 11.5 Å². The molecule has 1 aliphatic rings. The van der Waals surface area contributed by atoms with Crippen LogP contribution in [0.3, 0.4) is 0 Å². The van der Waals surface area contributed by atoms with Gasteiger partial charge < -0.3 is 20.1 Å². The van der Waals surface area contributed by atoms with Gasteiger partial charge in [0, 0.05) is 16.6 Å². The SMILES string of the molecule is CCOC(=O)C1(OC(N)=O)C(=O)N(C(C)C)c2ccc(Cl)cc21. The Kier molecular flexibility index (Phi) is 4.51. The molecule has 0 bridgehead atoms. The number of hydrogen-bond acceptors (Lipinski definition) is 5. The Morgan fingerprint density at radius 1 is 1.39 bits per heavy atom. The monoisotopic (exact) mass is 340 g/mol. The molecule has 1 aromatic rings. The molecule has 0 aromatic heterocycles. The van der Waals surface area contributed by atoms with Crippen molar-refractivity contribution in [3.8, 4) is 0 Å². The third-order valence-electron chi connectivity index (χ3n) is 3.45. The van der Waals surface area contributed by atoms with E-state index in [1.165, 1.54) is 11.0 Å². The lowest BCUT2D eigenvalue weighted by atomic mass is 9.95. The van der Waals surface area contributed by atoms with E-state index >= 15 is 0 Å².